The zero-order valence-electron chi connectivity index (χ0n) is 10.9. The lowest BCUT2D eigenvalue weighted by Gasteiger charge is -2.09. The van der Waals surface area contributed by atoms with E-state index in [1.165, 1.54) is 11.1 Å². The molecule has 3 aromatic rings. The van der Waals surface area contributed by atoms with Crippen LogP contribution >= 0.6 is 31.9 Å². The maximum absolute atomic E-state index is 5.76. The van der Waals surface area contributed by atoms with E-state index in [0.29, 0.717) is 0 Å². The summed E-state index contributed by atoms with van der Waals surface area (Å²) < 4.78 is 6.89. The molecule has 0 fully saturated rings. The summed E-state index contributed by atoms with van der Waals surface area (Å²) in [5.41, 5.74) is 4.21. The van der Waals surface area contributed by atoms with Gasteiger partial charge in [0.15, 0.2) is 11.5 Å². The van der Waals surface area contributed by atoms with Crippen molar-refractivity contribution in [1.82, 2.24) is 4.98 Å². The van der Waals surface area contributed by atoms with Crippen LogP contribution in [0.3, 0.4) is 0 Å². The molecule has 2 nitrogen and oxygen atoms in total. The number of halogens is 2. The summed E-state index contributed by atoms with van der Waals surface area (Å²) in [5, 5.41) is 0. The first-order valence-corrected chi connectivity index (χ1v) is 8.09. The third kappa shape index (κ3) is 2.81. The highest BCUT2D eigenvalue weighted by Crippen LogP contribution is 2.30. The average Bonchev–Trinajstić information content (AvgIpc) is 2.83. The van der Waals surface area contributed by atoms with E-state index in [2.05, 4.69) is 62.0 Å². The summed E-state index contributed by atoms with van der Waals surface area (Å²) in [6.45, 7) is 2.09. The van der Waals surface area contributed by atoms with Crippen molar-refractivity contribution in [3.05, 3.63) is 64.0 Å². The minimum atomic E-state index is 0.197. The molecular formula is C16H13Br2NO. The van der Waals surface area contributed by atoms with E-state index in [0.717, 1.165) is 27.9 Å². The number of rotatable bonds is 3. The van der Waals surface area contributed by atoms with Crippen molar-refractivity contribution in [1.29, 1.82) is 0 Å². The largest absolute Gasteiger partial charge is 0.441 e. The molecule has 1 heterocycles. The summed E-state index contributed by atoms with van der Waals surface area (Å²) in [4.78, 5) is 4.71. The van der Waals surface area contributed by atoms with Crippen molar-refractivity contribution in [3.63, 3.8) is 0 Å². The third-order valence-corrected chi connectivity index (χ3v) is 4.98. The number of nitrogens with zero attached hydrogens (tertiary/aromatic N) is 1. The van der Waals surface area contributed by atoms with Crippen molar-refractivity contribution >= 4 is 43.0 Å². The maximum atomic E-state index is 5.76. The number of para-hydroxylation sites is 2. The van der Waals surface area contributed by atoms with Gasteiger partial charge >= 0.3 is 0 Å². The molecule has 3 rings (SSSR count). The van der Waals surface area contributed by atoms with Crippen LogP contribution in [0.2, 0.25) is 0 Å². The van der Waals surface area contributed by atoms with Gasteiger partial charge in [0.05, 0.1) is 0 Å². The fourth-order valence-electron chi connectivity index (χ4n) is 2.14. The SMILES string of the molecule is Cc1cc(C(Br)Cc2nc3ccccc3o2)ccc1Br. The predicted octanol–water partition coefficient (Wildman–Crippen LogP) is 5.58. The number of hydrogen-bond donors (Lipinski definition) is 0. The minimum Gasteiger partial charge on any atom is -0.441 e. The topological polar surface area (TPSA) is 26.0 Å². The molecule has 0 radical (unpaired) electrons. The normalized spacial score (nSPS) is 12.8. The Hall–Kier alpha value is -1.13. The molecule has 0 saturated heterocycles. The van der Waals surface area contributed by atoms with Crippen LogP contribution in [0.25, 0.3) is 11.1 Å². The number of hydrogen-bond acceptors (Lipinski definition) is 2. The van der Waals surface area contributed by atoms with Crippen molar-refractivity contribution in [2.45, 2.75) is 18.2 Å². The Morgan fingerprint density at radius 1 is 1.20 bits per heavy atom. The Labute approximate surface area is 134 Å². The van der Waals surface area contributed by atoms with Gasteiger partial charge < -0.3 is 4.42 Å². The Balaban J connectivity index is 1.84. The van der Waals surface area contributed by atoms with Crippen LogP contribution in [-0.2, 0) is 6.42 Å². The molecule has 102 valence electrons. The lowest BCUT2D eigenvalue weighted by molar-refractivity contribution is 0.527. The summed E-state index contributed by atoms with van der Waals surface area (Å²) in [7, 11) is 0. The van der Waals surface area contributed by atoms with E-state index in [9.17, 15) is 0 Å². The molecule has 0 aliphatic heterocycles. The van der Waals surface area contributed by atoms with Gasteiger partial charge in [0.25, 0.3) is 0 Å². The lowest BCUT2D eigenvalue weighted by Crippen LogP contribution is -1.96. The van der Waals surface area contributed by atoms with E-state index < -0.39 is 0 Å². The average molecular weight is 395 g/mol. The van der Waals surface area contributed by atoms with Crippen LogP contribution in [0.1, 0.15) is 21.8 Å². The highest BCUT2D eigenvalue weighted by atomic mass is 79.9. The number of oxazole rings is 1. The van der Waals surface area contributed by atoms with Crippen LogP contribution in [0, 0.1) is 6.92 Å². The van der Waals surface area contributed by atoms with E-state index in [4.69, 9.17) is 4.42 Å². The number of alkyl halides is 1. The van der Waals surface area contributed by atoms with Crippen molar-refractivity contribution in [2.24, 2.45) is 0 Å². The molecule has 0 aliphatic carbocycles. The molecule has 2 aromatic carbocycles. The molecule has 1 atom stereocenters. The van der Waals surface area contributed by atoms with Crippen LogP contribution in [0.5, 0.6) is 0 Å². The first-order valence-electron chi connectivity index (χ1n) is 6.38. The van der Waals surface area contributed by atoms with Gasteiger partial charge in [0.1, 0.15) is 5.52 Å². The standard InChI is InChI=1S/C16H13Br2NO/c1-10-8-11(6-7-12(10)17)13(18)9-16-19-14-4-2-3-5-15(14)20-16/h2-8,13H,9H2,1H3. The number of benzene rings is 2. The number of aryl methyl sites for hydroxylation is 1. The summed E-state index contributed by atoms with van der Waals surface area (Å²) in [6, 6.07) is 14.2. The second-order valence-electron chi connectivity index (χ2n) is 4.76. The zero-order chi connectivity index (χ0) is 14.1. The molecule has 0 N–H and O–H groups in total. The fourth-order valence-corrected chi connectivity index (χ4v) is 2.95. The highest BCUT2D eigenvalue weighted by molar-refractivity contribution is 9.10. The van der Waals surface area contributed by atoms with Gasteiger partial charge in [0, 0.05) is 15.7 Å². The molecule has 0 saturated carbocycles. The minimum absolute atomic E-state index is 0.197. The molecule has 1 unspecified atom stereocenters. The number of fused-ring (bicyclic) bond motifs is 1. The van der Waals surface area contributed by atoms with Crippen LogP contribution in [-0.4, -0.2) is 4.98 Å². The Bertz CT molecular complexity index is 718. The molecule has 0 spiro atoms. The summed E-state index contributed by atoms with van der Waals surface area (Å²) in [5.74, 6) is 0.758. The van der Waals surface area contributed by atoms with Gasteiger partial charge in [-0.25, -0.2) is 4.98 Å². The monoisotopic (exact) mass is 393 g/mol. The summed E-state index contributed by atoms with van der Waals surface area (Å²) >= 11 is 7.25. The molecular weight excluding hydrogens is 382 g/mol. The van der Waals surface area contributed by atoms with E-state index in [1.807, 2.05) is 24.3 Å². The predicted molar refractivity (Wildman–Crippen MR) is 88.3 cm³/mol. The Kier molecular flexibility index (Phi) is 3.94. The first kappa shape index (κ1) is 13.8. The molecule has 0 amide bonds. The zero-order valence-corrected chi connectivity index (χ0v) is 14.1. The van der Waals surface area contributed by atoms with Crippen molar-refractivity contribution < 1.29 is 4.42 Å². The van der Waals surface area contributed by atoms with E-state index in [-0.39, 0.29) is 4.83 Å². The van der Waals surface area contributed by atoms with Gasteiger partial charge in [-0.3, -0.25) is 0 Å². The quantitative estimate of drug-likeness (QED) is 0.542. The van der Waals surface area contributed by atoms with Crippen LogP contribution in [0.15, 0.2) is 51.4 Å². The van der Waals surface area contributed by atoms with Gasteiger partial charge in [-0.05, 0) is 36.2 Å². The highest BCUT2D eigenvalue weighted by Gasteiger charge is 2.14. The molecule has 0 bridgehead atoms. The smallest absolute Gasteiger partial charge is 0.196 e. The molecule has 0 aliphatic rings. The van der Waals surface area contributed by atoms with Crippen LogP contribution in [0.4, 0.5) is 0 Å². The van der Waals surface area contributed by atoms with Gasteiger partial charge in [-0.2, -0.15) is 0 Å². The Morgan fingerprint density at radius 2 is 2.00 bits per heavy atom. The second kappa shape index (κ2) is 5.70. The van der Waals surface area contributed by atoms with E-state index >= 15 is 0 Å². The maximum Gasteiger partial charge on any atom is 0.196 e. The molecule has 20 heavy (non-hydrogen) atoms. The summed E-state index contributed by atoms with van der Waals surface area (Å²) in [6.07, 6.45) is 0.732. The molecule has 1 aromatic heterocycles. The fraction of sp³-hybridized carbons (Fsp3) is 0.188. The van der Waals surface area contributed by atoms with Gasteiger partial charge in [0.2, 0.25) is 0 Å². The van der Waals surface area contributed by atoms with E-state index in [1.54, 1.807) is 0 Å². The van der Waals surface area contributed by atoms with Gasteiger partial charge in [-0.15, -0.1) is 0 Å². The number of aromatic nitrogens is 1. The van der Waals surface area contributed by atoms with Gasteiger partial charge in [-0.1, -0.05) is 56.1 Å². The second-order valence-corrected chi connectivity index (χ2v) is 6.72. The first-order chi connectivity index (χ1) is 9.63. The lowest BCUT2D eigenvalue weighted by atomic mass is 10.1. The van der Waals surface area contributed by atoms with Crippen molar-refractivity contribution in [3.8, 4) is 0 Å². The van der Waals surface area contributed by atoms with Crippen molar-refractivity contribution in [2.75, 3.05) is 0 Å². The Morgan fingerprint density at radius 3 is 2.75 bits per heavy atom. The third-order valence-electron chi connectivity index (χ3n) is 3.24. The molecule has 4 heteroatoms. The van der Waals surface area contributed by atoms with Crippen LogP contribution < -0.4 is 0 Å².